The van der Waals surface area contributed by atoms with Crippen molar-refractivity contribution in [2.75, 3.05) is 6.61 Å². The van der Waals surface area contributed by atoms with Crippen LogP contribution in [0.5, 0.6) is 11.5 Å². The van der Waals surface area contributed by atoms with E-state index >= 15 is 0 Å². The molecule has 0 aromatic heterocycles. The lowest BCUT2D eigenvalue weighted by molar-refractivity contribution is -0.139. The van der Waals surface area contributed by atoms with Crippen LogP contribution in [0.3, 0.4) is 0 Å². The van der Waals surface area contributed by atoms with Crippen LogP contribution in [0.25, 0.3) is 17.2 Å². The molecule has 3 rings (SSSR count). The maximum atomic E-state index is 14.4. The van der Waals surface area contributed by atoms with E-state index in [2.05, 4.69) is 13.2 Å². The Balaban J connectivity index is 1.53. The number of rotatable bonds is 10. The van der Waals surface area contributed by atoms with Gasteiger partial charge in [-0.2, -0.15) is 0 Å². The molecule has 0 aliphatic rings. The third-order valence-electron chi connectivity index (χ3n) is 5.26. The van der Waals surface area contributed by atoms with Gasteiger partial charge in [-0.1, -0.05) is 49.6 Å². The Labute approximate surface area is 220 Å². The first kappa shape index (κ1) is 27.8. The molecule has 0 fully saturated rings. The maximum Gasteiger partial charge on any atom is 0.338 e. The molecule has 6 nitrogen and oxygen atoms in total. The Hall–Kier alpha value is -4.78. The molecule has 0 saturated carbocycles. The van der Waals surface area contributed by atoms with E-state index in [9.17, 15) is 18.8 Å². The molecular formula is C31H27FO6. The van der Waals surface area contributed by atoms with E-state index in [0.717, 1.165) is 11.1 Å². The van der Waals surface area contributed by atoms with E-state index in [4.69, 9.17) is 14.2 Å². The fraction of sp³-hybridized carbons (Fsp3) is 0.129. The van der Waals surface area contributed by atoms with Crippen molar-refractivity contribution < 1.29 is 33.0 Å². The van der Waals surface area contributed by atoms with E-state index in [0.29, 0.717) is 28.2 Å². The monoisotopic (exact) mass is 514 g/mol. The van der Waals surface area contributed by atoms with Gasteiger partial charge < -0.3 is 14.2 Å². The molecule has 3 aromatic rings. The Kier molecular flexibility index (Phi) is 9.48. The average molecular weight is 515 g/mol. The van der Waals surface area contributed by atoms with Crippen molar-refractivity contribution in [2.24, 2.45) is 0 Å². The minimum absolute atomic E-state index is 0.0408. The fourth-order valence-electron chi connectivity index (χ4n) is 3.19. The normalized spacial score (nSPS) is 10.6. The van der Waals surface area contributed by atoms with Gasteiger partial charge in [-0.15, -0.1) is 0 Å². The third-order valence-corrected chi connectivity index (χ3v) is 5.26. The summed E-state index contributed by atoms with van der Waals surface area (Å²) >= 11 is 0. The summed E-state index contributed by atoms with van der Waals surface area (Å²) in [5.74, 6) is -1.32. The van der Waals surface area contributed by atoms with E-state index in [1.807, 2.05) is 12.1 Å². The van der Waals surface area contributed by atoms with E-state index in [-0.39, 0.29) is 18.6 Å². The van der Waals surface area contributed by atoms with Gasteiger partial charge in [0.1, 0.15) is 17.3 Å². The predicted molar refractivity (Wildman–Crippen MR) is 143 cm³/mol. The second-order valence-corrected chi connectivity index (χ2v) is 8.49. The summed E-state index contributed by atoms with van der Waals surface area (Å²) in [4.78, 5) is 35.2. The van der Waals surface area contributed by atoms with Crippen molar-refractivity contribution in [3.63, 3.8) is 0 Å². The molecule has 0 radical (unpaired) electrons. The SMILES string of the molecule is C=C(C)C(=O)OCCc1ccc(/C=C/C(=O)Oc2ccc(-c3ccc(OC(=O)C(=C)C)cc3)cc2)cc1F. The summed E-state index contributed by atoms with van der Waals surface area (Å²) in [6.07, 6.45) is 2.88. The second kappa shape index (κ2) is 13.0. The lowest BCUT2D eigenvalue weighted by Crippen LogP contribution is -2.08. The summed E-state index contributed by atoms with van der Waals surface area (Å²) in [5.41, 5.74) is 3.23. The van der Waals surface area contributed by atoms with Crippen LogP contribution < -0.4 is 9.47 Å². The van der Waals surface area contributed by atoms with Crippen molar-refractivity contribution >= 4 is 24.0 Å². The summed E-state index contributed by atoms with van der Waals surface area (Å²) < 4.78 is 29.8. The highest BCUT2D eigenvalue weighted by Gasteiger charge is 2.08. The van der Waals surface area contributed by atoms with Gasteiger partial charge in [0.15, 0.2) is 0 Å². The smallest absolute Gasteiger partial charge is 0.338 e. The largest absolute Gasteiger partial charge is 0.462 e. The first-order chi connectivity index (χ1) is 18.1. The fourth-order valence-corrected chi connectivity index (χ4v) is 3.19. The molecule has 0 saturated heterocycles. The van der Waals surface area contributed by atoms with Crippen LogP contribution >= 0.6 is 0 Å². The number of halogens is 1. The number of hydrogen-bond acceptors (Lipinski definition) is 6. The Morgan fingerprint density at radius 2 is 1.34 bits per heavy atom. The number of ether oxygens (including phenoxy) is 3. The molecule has 0 amide bonds. The zero-order chi connectivity index (χ0) is 27.7. The van der Waals surface area contributed by atoms with E-state index in [1.54, 1.807) is 55.5 Å². The number of hydrogen-bond donors (Lipinski definition) is 0. The zero-order valence-corrected chi connectivity index (χ0v) is 21.2. The summed E-state index contributed by atoms with van der Waals surface area (Å²) in [6, 6.07) is 18.4. The van der Waals surface area contributed by atoms with E-state index in [1.165, 1.54) is 25.1 Å². The summed E-state index contributed by atoms with van der Waals surface area (Å²) in [7, 11) is 0. The Bertz CT molecular complexity index is 1380. The second-order valence-electron chi connectivity index (χ2n) is 8.49. The molecule has 0 heterocycles. The van der Waals surface area contributed by atoms with Gasteiger partial charge in [-0.05, 0) is 72.5 Å². The topological polar surface area (TPSA) is 78.9 Å². The van der Waals surface area contributed by atoms with Gasteiger partial charge >= 0.3 is 17.9 Å². The molecule has 0 unspecified atom stereocenters. The van der Waals surface area contributed by atoms with E-state index < -0.39 is 23.7 Å². The molecular weight excluding hydrogens is 487 g/mol. The average Bonchev–Trinajstić information content (AvgIpc) is 2.89. The highest BCUT2D eigenvalue weighted by molar-refractivity contribution is 5.89. The van der Waals surface area contributed by atoms with Crippen LogP contribution in [0.2, 0.25) is 0 Å². The number of carbonyl (C=O) groups is 3. The highest BCUT2D eigenvalue weighted by atomic mass is 19.1. The molecule has 0 aliphatic carbocycles. The van der Waals surface area contributed by atoms with Crippen LogP contribution in [-0.4, -0.2) is 24.5 Å². The number of esters is 3. The van der Waals surface area contributed by atoms with Gasteiger partial charge in [0.05, 0.1) is 6.61 Å². The first-order valence-electron chi connectivity index (χ1n) is 11.7. The van der Waals surface area contributed by atoms with Crippen molar-refractivity contribution in [3.8, 4) is 22.6 Å². The molecule has 0 bridgehead atoms. The van der Waals surface area contributed by atoms with Gasteiger partial charge in [-0.25, -0.2) is 18.8 Å². The third kappa shape index (κ3) is 8.13. The first-order valence-corrected chi connectivity index (χ1v) is 11.7. The molecule has 3 aromatic carbocycles. The van der Waals surface area contributed by atoms with Crippen LogP contribution in [-0.2, 0) is 25.5 Å². The van der Waals surface area contributed by atoms with Crippen LogP contribution in [0.15, 0.2) is 97.1 Å². The number of carbonyl (C=O) groups excluding carboxylic acids is 3. The lowest BCUT2D eigenvalue weighted by Gasteiger charge is -2.07. The molecule has 0 spiro atoms. The highest BCUT2D eigenvalue weighted by Crippen LogP contribution is 2.25. The minimum atomic E-state index is -0.613. The zero-order valence-electron chi connectivity index (χ0n) is 21.2. The van der Waals surface area contributed by atoms with Crippen molar-refractivity contribution in [2.45, 2.75) is 20.3 Å². The lowest BCUT2D eigenvalue weighted by atomic mass is 10.1. The standard InChI is InChI=1S/C31H27FO6/c1-20(2)30(34)36-18-17-25-7-5-22(19-28(25)32)6-16-29(33)37-26-12-8-23(9-13-26)24-10-14-27(15-11-24)38-31(35)21(3)4/h5-16,19H,1,3,17-18H2,2,4H3/b16-6+. The van der Waals surface area contributed by atoms with Gasteiger partial charge in [-0.3, -0.25) is 0 Å². The van der Waals surface area contributed by atoms with Gasteiger partial charge in [0, 0.05) is 23.6 Å². The molecule has 0 atom stereocenters. The summed E-state index contributed by atoms with van der Waals surface area (Å²) in [6.45, 7) is 10.2. The van der Waals surface area contributed by atoms with Crippen molar-refractivity contribution in [3.05, 3.63) is 114 Å². The Morgan fingerprint density at radius 1 is 0.789 bits per heavy atom. The van der Waals surface area contributed by atoms with Crippen molar-refractivity contribution in [1.82, 2.24) is 0 Å². The van der Waals surface area contributed by atoms with Crippen molar-refractivity contribution in [1.29, 1.82) is 0 Å². The van der Waals surface area contributed by atoms with Crippen LogP contribution in [0.1, 0.15) is 25.0 Å². The molecule has 0 N–H and O–H groups in total. The van der Waals surface area contributed by atoms with Gasteiger partial charge in [0.25, 0.3) is 0 Å². The number of benzene rings is 3. The van der Waals surface area contributed by atoms with Crippen LogP contribution in [0.4, 0.5) is 4.39 Å². The minimum Gasteiger partial charge on any atom is -0.462 e. The van der Waals surface area contributed by atoms with Gasteiger partial charge in [0.2, 0.25) is 0 Å². The van der Waals surface area contributed by atoms with Crippen LogP contribution in [0, 0.1) is 5.82 Å². The summed E-state index contributed by atoms with van der Waals surface area (Å²) in [5, 5.41) is 0. The predicted octanol–water partition coefficient (Wildman–Crippen LogP) is 6.25. The molecule has 194 valence electrons. The maximum absolute atomic E-state index is 14.4. The quantitative estimate of drug-likeness (QED) is 0.181. The Morgan fingerprint density at radius 3 is 1.87 bits per heavy atom. The molecule has 7 heteroatoms. The molecule has 38 heavy (non-hydrogen) atoms. The molecule has 0 aliphatic heterocycles.